The van der Waals surface area contributed by atoms with Gasteiger partial charge in [0.1, 0.15) is 11.6 Å². The molecule has 0 atom stereocenters. The van der Waals surface area contributed by atoms with Crippen molar-refractivity contribution in [3.8, 4) is 17.1 Å². The lowest BCUT2D eigenvalue weighted by atomic mass is 9.92. The quantitative estimate of drug-likeness (QED) is 0.582. The minimum Gasteiger partial charge on any atom is -0.299 e. The molecule has 3 heteroatoms. The molecule has 124 valence electrons. The molecule has 0 aliphatic rings. The molecule has 0 amide bonds. The lowest BCUT2D eigenvalue weighted by molar-refractivity contribution is 0.616. The normalized spacial score (nSPS) is 11.5. The molecule has 0 radical (unpaired) electrons. The van der Waals surface area contributed by atoms with Crippen molar-refractivity contribution in [2.45, 2.75) is 39.5 Å². The molecule has 0 N–H and O–H groups in total. The highest BCUT2D eigenvalue weighted by atomic mass is 19.1. The van der Waals surface area contributed by atoms with Crippen molar-refractivity contribution in [1.29, 1.82) is 0 Å². The third-order valence-corrected chi connectivity index (χ3v) is 4.29. The predicted octanol–water partition coefficient (Wildman–Crippen LogP) is 5.93. The van der Waals surface area contributed by atoms with Crippen molar-refractivity contribution in [2.24, 2.45) is 0 Å². The Hall–Kier alpha value is -2.42. The molecule has 0 fully saturated rings. The van der Waals surface area contributed by atoms with E-state index >= 15 is 0 Å². The van der Waals surface area contributed by atoms with Crippen LogP contribution in [0.5, 0.6) is 0 Å². The van der Waals surface area contributed by atoms with Crippen LogP contribution in [-0.4, -0.2) is 9.55 Å². The molecule has 3 aromatic rings. The zero-order valence-corrected chi connectivity index (χ0v) is 14.6. The van der Waals surface area contributed by atoms with Gasteiger partial charge in [-0.3, -0.25) is 4.57 Å². The summed E-state index contributed by atoms with van der Waals surface area (Å²) in [5, 5.41) is 0. The van der Waals surface area contributed by atoms with Crippen LogP contribution in [0.15, 0.2) is 54.9 Å². The molecule has 2 aromatic carbocycles. The molecular weight excluding hydrogens is 299 g/mol. The van der Waals surface area contributed by atoms with E-state index in [4.69, 9.17) is 0 Å². The summed E-state index contributed by atoms with van der Waals surface area (Å²) in [6, 6.07) is 13.4. The van der Waals surface area contributed by atoms with E-state index < -0.39 is 0 Å². The van der Waals surface area contributed by atoms with Gasteiger partial charge >= 0.3 is 0 Å². The molecule has 0 bridgehead atoms. The minimum absolute atomic E-state index is 0.174. The zero-order valence-electron chi connectivity index (χ0n) is 14.6. The molecule has 1 aromatic heterocycles. The Morgan fingerprint density at radius 1 is 0.917 bits per heavy atom. The smallest absolute Gasteiger partial charge is 0.144 e. The predicted molar refractivity (Wildman–Crippen MR) is 97.1 cm³/mol. The van der Waals surface area contributed by atoms with Crippen LogP contribution in [0.1, 0.15) is 50.7 Å². The first-order valence-corrected chi connectivity index (χ1v) is 8.41. The van der Waals surface area contributed by atoms with Gasteiger partial charge in [-0.15, -0.1) is 0 Å². The van der Waals surface area contributed by atoms with Gasteiger partial charge in [0.25, 0.3) is 0 Å². The maximum Gasteiger partial charge on any atom is 0.144 e. The average molecular weight is 322 g/mol. The first-order chi connectivity index (χ1) is 11.5. The molecule has 0 aliphatic heterocycles. The average Bonchev–Trinajstić information content (AvgIpc) is 3.04. The number of benzene rings is 2. The molecule has 0 spiro atoms. The Balaban J connectivity index is 2.29. The Morgan fingerprint density at radius 2 is 1.50 bits per heavy atom. The number of hydrogen-bond acceptors (Lipinski definition) is 1. The number of rotatable bonds is 4. The maximum absolute atomic E-state index is 14.2. The Morgan fingerprint density at radius 3 is 2.04 bits per heavy atom. The van der Waals surface area contributed by atoms with Crippen LogP contribution in [-0.2, 0) is 0 Å². The molecule has 2 nitrogen and oxygen atoms in total. The lowest BCUT2D eigenvalue weighted by Gasteiger charge is -2.22. The van der Waals surface area contributed by atoms with Gasteiger partial charge in [0, 0.05) is 18.0 Å². The maximum atomic E-state index is 14.2. The van der Waals surface area contributed by atoms with Crippen molar-refractivity contribution in [2.75, 3.05) is 0 Å². The van der Waals surface area contributed by atoms with Gasteiger partial charge in [0.15, 0.2) is 0 Å². The second-order valence-electron chi connectivity index (χ2n) is 6.73. The molecule has 0 unspecified atom stereocenters. The SMILES string of the molecule is CC(C)c1cc(F)cc(C(C)C)c1-n1ccnc1-c1ccccc1. The highest BCUT2D eigenvalue weighted by Crippen LogP contribution is 2.34. The van der Waals surface area contributed by atoms with Crippen LogP contribution in [0.3, 0.4) is 0 Å². The van der Waals surface area contributed by atoms with Gasteiger partial charge in [0.2, 0.25) is 0 Å². The third-order valence-electron chi connectivity index (χ3n) is 4.29. The fourth-order valence-corrected chi connectivity index (χ4v) is 3.09. The van der Waals surface area contributed by atoms with Gasteiger partial charge in [-0.1, -0.05) is 58.0 Å². The molecule has 24 heavy (non-hydrogen) atoms. The molecular formula is C21H23FN2. The van der Waals surface area contributed by atoms with Crippen LogP contribution in [0, 0.1) is 5.82 Å². The molecule has 3 rings (SSSR count). The fourth-order valence-electron chi connectivity index (χ4n) is 3.09. The van der Waals surface area contributed by atoms with Crippen molar-refractivity contribution in [3.63, 3.8) is 0 Å². The van der Waals surface area contributed by atoms with Crippen molar-refractivity contribution in [3.05, 3.63) is 71.8 Å². The van der Waals surface area contributed by atoms with Crippen molar-refractivity contribution < 1.29 is 4.39 Å². The number of halogens is 1. The van der Waals surface area contributed by atoms with Gasteiger partial charge in [-0.2, -0.15) is 0 Å². The standard InChI is InChI=1S/C21H23FN2/c1-14(2)18-12-17(22)13-19(15(3)4)20(18)24-11-10-23-21(24)16-8-6-5-7-9-16/h5-15H,1-4H3. The second kappa shape index (κ2) is 6.60. The van der Waals surface area contributed by atoms with E-state index in [9.17, 15) is 4.39 Å². The Bertz CT molecular complexity index is 803. The number of imidazole rings is 1. The summed E-state index contributed by atoms with van der Waals surface area (Å²) in [5.41, 5.74) is 4.12. The van der Waals surface area contributed by atoms with Crippen LogP contribution >= 0.6 is 0 Å². The van der Waals surface area contributed by atoms with Crippen LogP contribution in [0.4, 0.5) is 4.39 Å². The number of hydrogen-bond donors (Lipinski definition) is 0. The van der Waals surface area contributed by atoms with Gasteiger partial charge < -0.3 is 0 Å². The summed E-state index contributed by atoms with van der Waals surface area (Å²) in [6.07, 6.45) is 3.77. The van der Waals surface area contributed by atoms with Crippen molar-refractivity contribution in [1.82, 2.24) is 9.55 Å². The van der Waals surface area contributed by atoms with E-state index in [0.717, 1.165) is 28.2 Å². The van der Waals surface area contributed by atoms with E-state index in [2.05, 4.69) is 37.2 Å². The first kappa shape index (κ1) is 16.4. The van der Waals surface area contributed by atoms with Crippen LogP contribution < -0.4 is 0 Å². The highest BCUT2D eigenvalue weighted by Gasteiger charge is 2.20. The van der Waals surface area contributed by atoms with Crippen molar-refractivity contribution >= 4 is 0 Å². The van der Waals surface area contributed by atoms with E-state index in [-0.39, 0.29) is 17.7 Å². The van der Waals surface area contributed by atoms with Gasteiger partial charge in [-0.05, 0) is 35.1 Å². The minimum atomic E-state index is -0.174. The third kappa shape index (κ3) is 2.99. The molecule has 1 heterocycles. The van der Waals surface area contributed by atoms with Gasteiger partial charge in [-0.25, -0.2) is 9.37 Å². The van der Waals surface area contributed by atoms with Crippen LogP contribution in [0.25, 0.3) is 17.1 Å². The van der Waals surface area contributed by atoms with Gasteiger partial charge in [0.05, 0.1) is 5.69 Å². The number of aromatic nitrogens is 2. The zero-order chi connectivity index (χ0) is 17.3. The van der Waals surface area contributed by atoms with E-state index in [1.165, 1.54) is 0 Å². The van der Waals surface area contributed by atoms with E-state index in [1.807, 2.05) is 36.5 Å². The second-order valence-corrected chi connectivity index (χ2v) is 6.73. The Labute approximate surface area is 143 Å². The summed E-state index contributed by atoms with van der Waals surface area (Å²) < 4.78 is 16.3. The van der Waals surface area contributed by atoms with E-state index in [0.29, 0.717) is 0 Å². The Kier molecular flexibility index (Phi) is 4.52. The number of nitrogens with zero attached hydrogens (tertiary/aromatic N) is 2. The topological polar surface area (TPSA) is 17.8 Å². The van der Waals surface area contributed by atoms with Crippen LogP contribution in [0.2, 0.25) is 0 Å². The largest absolute Gasteiger partial charge is 0.299 e. The lowest BCUT2D eigenvalue weighted by Crippen LogP contribution is -2.09. The summed E-state index contributed by atoms with van der Waals surface area (Å²) in [5.74, 6) is 1.15. The van der Waals surface area contributed by atoms with E-state index in [1.54, 1.807) is 18.3 Å². The fraction of sp³-hybridized carbons (Fsp3) is 0.286. The molecule has 0 saturated heterocycles. The molecule has 0 aliphatic carbocycles. The highest BCUT2D eigenvalue weighted by molar-refractivity contribution is 5.62. The summed E-state index contributed by atoms with van der Waals surface area (Å²) in [7, 11) is 0. The summed E-state index contributed by atoms with van der Waals surface area (Å²) in [4.78, 5) is 4.56. The summed E-state index contributed by atoms with van der Waals surface area (Å²) in [6.45, 7) is 8.39. The summed E-state index contributed by atoms with van der Waals surface area (Å²) >= 11 is 0. The monoisotopic (exact) mass is 322 g/mol. The molecule has 0 saturated carbocycles. The first-order valence-electron chi connectivity index (χ1n) is 8.41.